The average Bonchev–Trinajstić information content (AvgIpc) is 2.74. The summed E-state index contributed by atoms with van der Waals surface area (Å²) in [4.78, 5) is 27.8. The highest BCUT2D eigenvalue weighted by Gasteiger charge is 2.25. The van der Waals surface area contributed by atoms with Crippen LogP contribution in [0.5, 0.6) is 0 Å². The number of carbonyl (C=O) groups is 2. The normalized spacial score (nSPS) is 19.5. The van der Waals surface area contributed by atoms with Crippen molar-refractivity contribution in [2.75, 3.05) is 37.6 Å². The van der Waals surface area contributed by atoms with Crippen LogP contribution in [0.1, 0.15) is 47.3 Å². The maximum Gasteiger partial charge on any atom is 0.275 e. The molecular weight excluding hydrogens is 362 g/mol. The second-order valence-electron chi connectivity index (χ2n) is 8.23. The summed E-state index contributed by atoms with van der Waals surface area (Å²) in [5, 5.41) is 3.28. The van der Waals surface area contributed by atoms with E-state index in [9.17, 15) is 9.59 Å². The molecule has 1 heterocycles. The number of benzene rings is 2. The first-order valence-electron chi connectivity index (χ1n) is 10.7. The van der Waals surface area contributed by atoms with Gasteiger partial charge in [-0.25, -0.2) is 0 Å². The van der Waals surface area contributed by atoms with E-state index in [4.69, 9.17) is 0 Å². The standard InChI is InChI=1S/C24H29N3O2/c1-18(28)19-9-11-21(12-10-19)27-15-13-26(14-16-27)17-24(29)25-23-8-4-6-20-5-2-3-7-22(20)23/h2-3,5,7,9-12,23H,4,6,8,13-17H2,1H3,(H,25,29)/p+1/t23-/m0/s1. The molecule has 1 aliphatic carbocycles. The highest BCUT2D eigenvalue weighted by Crippen LogP contribution is 2.29. The molecule has 0 radical (unpaired) electrons. The molecule has 2 N–H and O–H groups in total. The molecule has 1 amide bonds. The van der Waals surface area contributed by atoms with Crippen LogP contribution >= 0.6 is 0 Å². The third-order valence-corrected chi connectivity index (χ3v) is 6.22. The number of hydrogen-bond acceptors (Lipinski definition) is 3. The van der Waals surface area contributed by atoms with Gasteiger partial charge in [-0.1, -0.05) is 24.3 Å². The van der Waals surface area contributed by atoms with Gasteiger partial charge in [-0.2, -0.15) is 0 Å². The van der Waals surface area contributed by atoms with E-state index in [1.807, 2.05) is 24.3 Å². The van der Waals surface area contributed by atoms with Gasteiger partial charge in [0.25, 0.3) is 5.91 Å². The number of carbonyl (C=O) groups excluding carboxylic acids is 2. The van der Waals surface area contributed by atoms with Crippen molar-refractivity contribution in [3.63, 3.8) is 0 Å². The SMILES string of the molecule is CC(=O)c1ccc(N2CC[NH+](CC(=O)N[C@H]3CCCc4ccccc43)CC2)cc1. The summed E-state index contributed by atoms with van der Waals surface area (Å²) in [6.45, 7) is 5.87. The van der Waals surface area contributed by atoms with Crippen molar-refractivity contribution in [1.82, 2.24) is 5.32 Å². The van der Waals surface area contributed by atoms with E-state index in [1.165, 1.54) is 16.0 Å². The molecular formula is C24H30N3O2+. The third kappa shape index (κ3) is 4.67. The van der Waals surface area contributed by atoms with Gasteiger partial charge in [0.05, 0.1) is 32.2 Å². The van der Waals surface area contributed by atoms with Gasteiger partial charge in [-0.15, -0.1) is 0 Å². The molecule has 1 aliphatic heterocycles. The van der Waals surface area contributed by atoms with Crippen LogP contribution in [0.4, 0.5) is 5.69 Å². The molecule has 4 rings (SSSR count). The molecule has 0 bridgehead atoms. The van der Waals surface area contributed by atoms with Crippen LogP contribution in [0.2, 0.25) is 0 Å². The lowest BCUT2D eigenvalue weighted by Gasteiger charge is -2.34. The number of anilines is 1. The van der Waals surface area contributed by atoms with Crippen molar-refractivity contribution in [3.05, 3.63) is 65.2 Å². The Balaban J connectivity index is 1.28. The lowest BCUT2D eigenvalue weighted by molar-refractivity contribution is -0.892. The van der Waals surface area contributed by atoms with Crippen LogP contribution < -0.4 is 15.1 Å². The molecule has 5 heteroatoms. The smallest absolute Gasteiger partial charge is 0.275 e. The Morgan fingerprint density at radius 3 is 2.52 bits per heavy atom. The van der Waals surface area contributed by atoms with Crippen molar-refractivity contribution in [3.8, 4) is 0 Å². The minimum Gasteiger partial charge on any atom is -0.360 e. The zero-order valence-corrected chi connectivity index (χ0v) is 17.1. The van der Waals surface area contributed by atoms with Gasteiger partial charge < -0.3 is 15.1 Å². The molecule has 1 fully saturated rings. The molecule has 1 atom stereocenters. The third-order valence-electron chi connectivity index (χ3n) is 6.22. The zero-order chi connectivity index (χ0) is 20.2. The number of rotatable bonds is 5. The molecule has 152 valence electrons. The van der Waals surface area contributed by atoms with Crippen molar-refractivity contribution in [1.29, 1.82) is 0 Å². The minimum atomic E-state index is 0.0948. The molecule has 0 spiro atoms. The summed E-state index contributed by atoms with van der Waals surface area (Å²) < 4.78 is 0. The lowest BCUT2D eigenvalue weighted by Crippen LogP contribution is -3.16. The number of nitrogens with zero attached hydrogens (tertiary/aromatic N) is 1. The molecule has 1 saturated heterocycles. The summed E-state index contributed by atoms with van der Waals surface area (Å²) in [5.74, 6) is 0.248. The first-order chi connectivity index (χ1) is 14.1. The van der Waals surface area contributed by atoms with E-state index in [0.29, 0.717) is 6.54 Å². The number of piperazine rings is 1. The number of nitrogens with one attached hydrogen (secondary N) is 2. The Hall–Kier alpha value is -2.66. The van der Waals surface area contributed by atoms with Gasteiger partial charge in [-0.3, -0.25) is 9.59 Å². The summed E-state index contributed by atoms with van der Waals surface area (Å²) >= 11 is 0. The molecule has 29 heavy (non-hydrogen) atoms. The van der Waals surface area contributed by atoms with Crippen LogP contribution in [-0.4, -0.2) is 44.4 Å². The number of ketones is 1. The Kier molecular flexibility index (Phi) is 5.95. The second kappa shape index (κ2) is 8.78. The van der Waals surface area contributed by atoms with Gasteiger partial charge in [-0.05, 0) is 61.6 Å². The van der Waals surface area contributed by atoms with Gasteiger partial charge in [0.15, 0.2) is 12.3 Å². The summed E-state index contributed by atoms with van der Waals surface area (Å²) in [6, 6.07) is 16.5. The quantitative estimate of drug-likeness (QED) is 0.763. The highest BCUT2D eigenvalue weighted by atomic mass is 16.2. The number of amides is 1. The fourth-order valence-electron chi connectivity index (χ4n) is 4.54. The molecule has 0 saturated carbocycles. The van der Waals surface area contributed by atoms with Crippen LogP contribution in [0.3, 0.4) is 0 Å². The van der Waals surface area contributed by atoms with E-state index in [1.54, 1.807) is 6.92 Å². The fourth-order valence-corrected chi connectivity index (χ4v) is 4.54. The maximum absolute atomic E-state index is 12.7. The van der Waals surface area contributed by atoms with Gasteiger partial charge in [0, 0.05) is 11.3 Å². The molecule has 5 nitrogen and oxygen atoms in total. The van der Waals surface area contributed by atoms with Gasteiger partial charge in [0.1, 0.15) is 0 Å². The average molecular weight is 393 g/mol. The minimum absolute atomic E-state index is 0.0948. The largest absolute Gasteiger partial charge is 0.360 e. The van der Waals surface area contributed by atoms with E-state index in [-0.39, 0.29) is 17.7 Å². The van der Waals surface area contributed by atoms with Gasteiger partial charge >= 0.3 is 0 Å². The number of fused-ring (bicyclic) bond motifs is 1. The van der Waals surface area contributed by atoms with E-state index in [0.717, 1.165) is 56.7 Å². The fraction of sp³-hybridized carbons (Fsp3) is 0.417. The molecule has 0 unspecified atom stereocenters. The second-order valence-corrected chi connectivity index (χ2v) is 8.23. The van der Waals surface area contributed by atoms with Crippen LogP contribution in [0.25, 0.3) is 0 Å². The molecule has 2 aromatic carbocycles. The van der Waals surface area contributed by atoms with Gasteiger partial charge in [0.2, 0.25) is 0 Å². The lowest BCUT2D eigenvalue weighted by atomic mass is 9.88. The first kappa shape index (κ1) is 19.6. The van der Waals surface area contributed by atoms with Crippen molar-refractivity contribution in [2.24, 2.45) is 0 Å². The molecule has 0 aromatic heterocycles. The van der Waals surface area contributed by atoms with Crippen molar-refractivity contribution in [2.45, 2.75) is 32.2 Å². The zero-order valence-electron chi connectivity index (χ0n) is 17.1. The summed E-state index contributed by atoms with van der Waals surface area (Å²) in [6.07, 6.45) is 3.28. The topological polar surface area (TPSA) is 53.9 Å². The first-order valence-corrected chi connectivity index (χ1v) is 10.7. The van der Waals surface area contributed by atoms with Crippen molar-refractivity contribution < 1.29 is 14.5 Å². The van der Waals surface area contributed by atoms with E-state index >= 15 is 0 Å². The Labute approximate surface area is 172 Å². The summed E-state index contributed by atoms with van der Waals surface area (Å²) in [5.41, 5.74) is 4.57. The monoisotopic (exact) mass is 392 g/mol. The van der Waals surface area contributed by atoms with Crippen molar-refractivity contribution >= 4 is 17.4 Å². The Morgan fingerprint density at radius 1 is 1.07 bits per heavy atom. The number of hydrogen-bond donors (Lipinski definition) is 2. The molecule has 2 aromatic rings. The number of quaternary nitrogens is 1. The predicted octanol–water partition coefficient (Wildman–Crippen LogP) is 1.79. The van der Waals surface area contributed by atoms with Crippen LogP contribution in [0, 0.1) is 0 Å². The predicted molar refractivity (Wildman–Crippen MR) is 114 cm³/mol. The Bertz CT molecular complexity index is 870. The highest BCUT2D eigenvalue weighted by molar-refractivity contribution is 5.94. The molecule has 2 aliphatic rings. The van der Waals surface area contributed by atoms with Crippen LogP contribution in [0.15, 0.2) is 48.5 Å². The number of aryl methyl sites for hydroxylation is 1. The van der Waals surface area contributed by atoms with Crippen LogP contribution in [-0.2, 0) is 11.2 Å². The number of Topliss-reactive ketones (excluding diaryl/α,β-unsaturated/α-hetero) is 1. The van der Waals surface area contributed by atoms with E-state index in [2.05, 4.69) is 34.5 Å². The van der Waals surface area contributed by atoms with E-state index < -0.39 is 0 Å². The maximum atomic E-state index is 12.7. The Morgan fingerprint density at radius 2 is 1.79 bits per heavy atom. The summed E-state index contributed by atoms with van der Waals surface area (Å²) in [7, 11) is 0.